The van der Waals surface area contributed by atoms with Crippen molar-refractivity contribution in [2.75, 3.05) is 10.7 Å². The zero-order valence-corrected chi connectivity index (χ0v) is 19.7. The summed E-state index contributed by atoms with van der Waals surface area (Å²) in [6.07, 6.45) is 2.05. The summed E-state index contributed by atoms with van der Waals surface area (Å²) in [5.41, 5.74) is 3.57. The molecule has 0 aliphatic carbocycles. The predicted molar refractivity (Wildman–Crippen MR) is 131 cm³/mol. The van der Waals surface area contributed by atoms with Gasteiger partial charge in [-0.3, -0.25) is 14.7 Å². The molecule has 0 unspecified atom stereocenters. The molecule has 4 nitrogen and oxygen atoms in total. The molecule has 4 aromatic rings. The topological polar surface area (TPSA) is 46.1 Å². The average Bonchev–Trinajstić information content (AvgIpc) is 3.21. The Morgan fingerprint density at radius 3 is 2.65 bits per heavy atom. The van der Waals surface area contributed by atoms with E-state index in [1.54, 1.807) is 22.9 Å². The normalized spacial score (nSPS) is 11.1. The molecule has 2 aromatic heterocycles. The van der Waals surface area contributed by atoms with Crippen LogP contribution in [0, 0.1) is 6.92 Å². The second-order valence-electron chi connectivity index (χ2n) is 7.07. The average molecular weight is 468 g/mol. The van der Waals surface area contributed by atoms with Gasteiger partial charge in [0.25, 0.3) is 0 Å². The fraction of sp³-hybridized carbons (Fsp3) is 0.208. The summed E-state index contributed by atoms with van der Waals surface area (Å²) in [7, 11) is 0. The minimum atomic E-state index is -0.00986. The molecule has 2 aromatic carbocycles. The number of thiazole rings is 1. The molecule has 0 spiro atoms. The first kappa shape index (κ1) is 21.8. The van der Waals surface area contributed by atoms with Gasteiger partial charge in [-0.1, -0.05) is 48.1 Å². The first-order valence-corrected chi connectivity index (χ1v) is 12.2. The first-order valence-electron chi connectivity index (χ1n) is 10.0. The van der Waals surface area contributed by atoms with Crippen LogP contribution in [0.1, 0.15) is 23.7 Å². The zero-order chi connectivity index (χ0) is 21.8. The van der Waals surface area contributed by atoms with E-state index in [1.165, 1.54) is 16.2 Å². The van der Waals surface area contributed by atoms with Crippen LogP contribution in [-0.2, 0) is 17.8 Å². The molecule has 4 rings (SSSR count). The number of amides is 1. The van der Waals surface area contributed by atoms with Crippen molar-refractivity contribution in [3.05, 3.63) is 82.6 Å². The molecule has 0 radical (unpaired) electrons. The van der Waals surface area contributed by atoms with Gasteiger partial charge in [-0.25, -0.2) is 4.98 Å². The number of hydrogen-bond acceptors (Lipinski definition) is 5. The van der Waals surface area contributed by atoms with E-state index in [2.05, 4.69) is 24.0 Å². The summed E-state index contributed by atoms with van der Waals surface area (Å²) < 4.78 is 1.01. The number of rotatable bonds is 7. The van der Waals surface area contributed by atoms with E-state index < -0.39 is 0 Å². The quantitative estimate of drug-likeness (QED) is 0.289. The van der Waals surface area contributed by atoms with E-state index in [9.17, 15) is 4.79 Å². The number of carbonyl (C=O) groups excluding carboxylic acids is 1. The summed E-state index contributed by atoms with van der Waals surface area (Å²) >= 11 is 9.57. The minimum Gasteiger partial charge on any atom is -0.282 e. The zero-order valence-electron chi connectivity index (χ0n) is 17.3. The number of halogens is 1. The Morgan fingerprint density at radius 2 is 1.94 bits per heavy atom. The lowest BCUT2D eigenvalue weighted by Gasteiger charge is -2.19. The van der Waals surface area contributed by atoms with Gasteiger partial charge in [-0.15, -0.1) is 11.8 Å². The molecule has 1 amide bonds. The monoisotopic (exact) mass is 467 g/mol. The first-order chi connectivity index (χ1) is 15.0. The van der Waals surface area contributed by atoms with Gasteiger partial charge >= 0.3 is 0 Å². The Kier molecular flexibility index (Phi) is 6.90. The molecule has 0 saturated heterocycles. The molecule has 0 fully saturated rings. The second-order valence-corrected chi connectivity index (χ2v) is 9.82. The van der Waals surface area contributed by atoms with Crippen LogP contribution in [0.3, 0.4) is 0 Å². The highest BCUT2D eigenvalue weighted by Gasteiger charge is 2.22. The molecule has 0 bridgehead atoms. The Morgan fingerprint density at radius 1 is 1.13 bits per heavy atom. The number of hydrogen-bond donors (Lipinski definition) is 0. The highest BCUT2D eigenvalue weighted by Crippen LogP contribution is 2.34. The number of thioether (sulfide) groups is 1. The number of carbonyl (C=O) groups is 1. The lowest BCUT2D eigenvalue weighted by atomic mass is 10.1. The van der Waals surface area contributed by atoms with E-state index in [1.807, 2.05) is 49.4 Å². The number of anilines is 1. The third-order valence-electron chi connectivity index (χ3n) is 4.90. The summed E-state index contributed by atoms with van der Waals surface area (Å²) in [5, 5.41) is 1.34. The standard InChI is InChI=1S/C24H22ClN3OS2/c1-3-30-19-9-7-17(8-10-19)14-22(29)28(15-18-6-4-5-13-26-18)24-27-23-16(2)20(25)11-12-21(23)31-24/h4-13H,3,14-15H2,1-2H3. The van der Waals surface area contributed by atoms with Crippen LogP contribution >= 0.6 is 34.7 Å². The van der Waals surface area contributed by atoms with Crippen molar-refractivity contribution < 1.29 is 4.79 Å². The third kappa shape index (κ3) is 5.09. The maximum absolute atomic E-state index is 13.4. The molecule has 31 heavy (non-hydrogen) atoms. The highest BCUT2D eigenvalue weighted by molar-refractivity contribution is 7.99. The summed E-state index contributed by atoms with van der Waals surface area (Å²) in [5.74, 6) is 1.02. The van der Waals surface area contributed by atoms with Crippen molar-refractivity contribution in [2.45, 2.75) is 31.7 Å². The van der Waals surface area contributed by atoms with Gasteiger partial charge in [-0.2, -0.15) is 0 Å². The van der Waals surface area contributed by atoms with Gasteiger partial charge in [0, 0.05) is 16.1 Å². The maximum atomic E-state index is 13.4. The molecular weight excluding hydrogens is 446 g/mol. The van der Waals surface area contributed by atoms with E-state index in [-0.39, 0.29) is 5.91 Å². The van der Waals surface area contributed by atoms with Crippen LogP contribution in [0.5, 0.6) is 0 Å². The van der Waals surface area contributed by atoms with Gasteiger partial charge in [0.05, 0.1) is 28.9 Å². The third-order valence-corrected chi connectivity index (χ3v) is 7.25. The van der Waals surface area contributed by atoms with Gasteiger partial charge in [0.1, 0.15) is 0 Å². The van der Waals surface area contributed by atoms with Crippen molar-refractivity contribution in [1.29, 1.82) is 0 Å². The van der Waals surface area contributed by atoms with Crippen molar-refractivity contribution in [2.24, 2.45) is 0 Å². The maximum Gasteiger partial charge on any atom is 0.233 e. The number of fused-ring (bicyclic) bond motifs is 1. The Hall–Kier alpha value is -2.41. The van der Waals surface area contributed by atoms with E-state index in [0.717, 1.165) is 32.8 Å². The van der Waals surface area contributed by atoms with Gasteiger partial charge < -0.3 is 0 Å². The lowest BCUT2D eigenvalue weighted by molar-refractivity contribution is -0.118. The van der Waals surface area contributed by atoms with Crippen molar-refractivity contribution in [1.82, 2.24) is 9.97 Å². The van der Waals surface area contributed by atoms with E-state index in [0.29, 0.717) is 23.1 Å². The molecule has 0 N–H and O–H groups in total. The van der Waals surface area contributed by atoms with Crippen LogP contribution in [-0.4, -0.2) is 21.6 Å². The van der Waals surface area contributed by atoms with Crippen LogP contribution in [0.4, 0.5) is 5.13 Å². The molecular formula is C24H22ClN3OS2. The highest BCUT2D eigenvalue weighted by atomic mass is 35.5. The fourth-order valence-electron chi connectivity index (χ4n) is 3.26. The molecule has 0 aliphatic heterocycles. The van der Waals surface area contributed by atoms with Crippen molar-refractivity contribution in [3.8, 4) is 0 Å². The van der Waals surface area contributed by atoms with Crippen LogP contribution in [0.15, 0.2) is 65.7 Å². The molecule has 2 heterocycles. The molecule has 0 aliphatic rings. The Bertz CT molecular complexity index is 1190. The molecule has 158 valence electrons. The number of aryl methyl sites for hydroxylation is 1. The fourth-order valence-corrected chi connectivity index (χ4v) is 5.12. The molecule has 7 heteroatoms. The van der Waals surface area contributed by atoms with Crippen LogP contribution < -0.4 is 4.90 Å². The van der Waals surface area contributed by atoms with Gasteiger partial charge in [-0.05, 0) is 60.2 Å². The largest absolute Gasteiger partial charge is 0.282 e. The van der Waals surface area contributed by atoms with Crippen molar-refractivity contribution in [3.63, 3.8) is 0 Å². The minimum absolute atomic E-state index is 0.00986. The number of pyridine rings is 1. The van der Waals surface area contributed by atoms with Crippen LogP contribution in [0.2, 0.25) is 5.02 Å². The molecule has 0 atom stereocenters. The number of benzene rings is 2. The van der Waals surface area contributed by atoms with Gasteiger partial charge in [0.2, 0.25) is 5.91 Å². The Labute approximate surface area is 195 Å². The van der Waals surface area contributed by atoms with E-state index in [4.69, 9.17) is 16.6 Å². The summed E-state index contributed by atoms with van der Waals surface area (Å²) in [6.45, 7) is 4.45. The van der Waals surface area contributed by atoms with Crippen molar-refractivity contribution >= 4 is 56.0 Å². The second kappa shape index (κ2) is 9.81. The molecule has 0 saturated carbocycles. The smallest absolute Gasteiger partial charge is 0.233 e. The number of aromatic nitrogens is 2. The summed E-state index contributed by atoms with van der Waals surface area (Å²) in [6, 6.07) is 17.7. The SMILES string of the molecule is CCSc1ccc(CC(=O)N(Cc2ccccn2)c2nc3c(C)c(Cl)ccc3s2)cc1. The Balaban J connectivity index is 1.65. The van der Waals surface area contributed by atoms with E-state index >= 15 is 0 Å². The summed E-state index contributed by atoms with van der Waals surface area (Å²) in [4.78, 5) is 25.5. The number of nitrogens with zero attached hydrogens (tertiary/aromatic N) is 3. The van der Waals surface area contributed by atoms with Gasteiger partial charge in [0.15, 0.2) is 5.13 Å². The van der Waals surface area contributed by atoms with Crippen LogP contribution in [0.25, 0.3) is 10.2 Å². The predicted octanol–water partition coefficient (Wildman–Crippen LogP) is 6.54. The lowest BCUT2D eigenvalue weighted by Crippen LogP contribution is -2.32.